The Labute approximate surface area is 174 Å². The third-order valence-corrected chi connectivity index (χ3v) is 5.43. The molecule has 3 heterocycles. The van der Waals surface area contributed by atoms with E-state index in [2.05, 4.69) is 9.97 Å². The maximum atomic E-state index is 13.4. The lowest BCUT2D eigenvalue weighted by molar-refractivity contribution is 0.0969. The minimum Gasteiger partial charge on any atom is -0.497 e. The summed E-state index contributed by atoms with van der Waals surface area (Å²) in [6, 6.07) is 10.3. The Bertz CT molecular complexity index is 1340. The number of imidazole rings is 1. The summed E-state index contributed by atoms with van der Waals surface area (Å²) >= 11 is 1.27. The lowest BCUT2D eigenvalue weighted by Gasteiger charge is -2.06. The minimum absolute atomic E-state index is 0.116. The number of methoxy groups -OCH3 is 1. The number of carbonyl (C=O) groups is 2. The topological polar surface area (TPSA) is 122 Å². The van der Waals surface area contributed by atoms with Crippen molar-refractivity contribution in [3.63, 3.8) is 0 Å². The molecular formula is C20H17N5O4S. The molecule has 0 aliphatic heterocycles. The quantitative estimate of drug-likeness (QED) is 0.473. The molecule has 0 spiro atoms. The van der Waals surface area contributed by atoms with Crippen molar-refractivity contribution < 1.29 is 14.3 Å². The SMILES string of the molecule is COc1cccc(-n2c(=O)n(CC(=O)c3cccs3)c3c(C(N)=O)nc(C)nc32)c1. The van der Waals surface area contributed by atoms with Crippen molar-refractivity contribution in [3.8, 4) is 11.4 Å². The number of nitrogens with zero attached hydrogens (tertiary/aromatic N) is 4. The lowest BCUT2D eigenvalue weighted by atomic mass is 10.2. The molecule has 4 rings (SSSR count). The van der Waals surface area contributed by atoms with Crippen LogP contribution in [0.1, 0.15) is 26.0 Å². The molecule has 10 heteroatoms. The zero-order valence-corrected chi connectivity index (χ0v) is 17.0. The van der Waals surface area contributed by atoms with Crippen LogP contribution >= 0.6 is 11.3 Å². The van der Waals surface area contributed by atoms with E-state index in [0.717, 1.165) is 0 Å². The van der Waals surface area contributed by atoms with Gasteiger partial charge in [-0.15, -0.1) is 11.3 Å². The number of rotatable bonds is 6. The summed E-state index contributed by atoms with van der Waals surface area (Å²) in [5, 5.41) is 1.77. The van der Waals surface area contributed by atoms with E-state index in [1.807, 2.05) is 0 Å². The summed E-state index contributed by atoms with van der Waals surface area (Å²) < 4.78 is 7.76. The van der Waals surface area contributed by atoms with E-state index in [1.165, 1.54) is 27.6 Å². The Morgan fingerprint density at radius 3 is 2.67 bits per heavy atom. The van der Waals surface area contributed by atoms with Crippen LogP contribution in [0.5, 0.6) is 5.75 Å². The predicted molar refractivity (Wildman–Crippen MR) is 112 cm³/mol. The van der Waals surface area contributed by atoms with Crippen molar-refractivity contribution >= 4 is 34.2 Å². The normalized spacial score (nSPS) is 11.0. The predicted octanol–water partition coefficient (Wildman–Crippen LogP) is 1.94. The second-order valence-electron chi connectivity index (χ2n) is 6.46. The van der Waals surface area contributed by atoms with Crippen molar-refractivity contribution in [1.82, 2.24) is 19.1 Å². The number of hydrogen-bond acceptors (Lipinski definition) is 7. The molecule has 0 saturated carbocycles. The van der Waals surface area contributed by atoms with Gasteiger partial charge in [-0.25, -0.2) is 19.3 Å². The number of Topliss-reactive ketones (excluding diaryl/α,β-unsaturated/α-hetero) is 1. The molecule has 0 bridgehead atoms. The second-order valence-corrected chi connectivity index (χ2v) is 7.41. The molecule has 30 heavy (non-hydrogen) atoms. The molecule has 4 aromatic rings. The molecule has 0 atom stereocenters. The highest BCUT2D eigenvalue weighted by Gasteiger charge is 2.25. The van der Waals surface area contributed by atoms with Crippen LogP contribution < -0.4 is 16.2 Å². The maximum Gasteiger partial charge on any atom is 0.335 e. The molecule has 0 fully saturated rings. The van der Waals surface area contributed by atoms with Crippen molar-refractivity contribution in [3.05, 3.63) is 68.7 Å². The Hall–Kier alpha value is -3.79. The summed E-state index contributed by atoms with van der Waals surface area (Å²) in [5.74, 6) is -0.274. The van der Waals surface area contributed by atoms with Gasteiger partial charge in [-0.05, 0) is 30.5 Å². The highest BCUT2D eigenvalue weighted by molar-refractivity contribution is 7.12. The Morgan fingerprint density at radius 1 is 1.20 bits per heavy atom. The number of aryl methyl sites for hydroxylation is 1. The molecule has 0 aliphatic carbocycles. The van der Waals surface area contributed by atoms with Crippen molar-refractivity contribution in [2.24, 2.45) is 5.73 Å². The van der Waals surface area contributed by atoms with Crippen LogP contribution in [0.4, 0.5) is 0 Å². The summed E-state index contributed by atoms with van der Waals surface area (Å²) in [7, 11) is 1.52. The zero-order valence-electron chi connectivity index (χ0n) is 16.2. The highest BCUT2D eigenvalue weighted by Crippen LogP contribution is 2.22. The molecule has 3 aromatic heterocycles. The van der Waals surface area contributed by atoms with Crippen LogP contribution in [0.15, 0.2) is 46.6 Å². The zero-order chi connectivity index (χ0) is 21.4. The largest absolute Gasteiger partial charge is 0.497 e. The van der Waals surface area contributed by atoms with Gasteiger partial charge in [-0.3, -0.25) is 14.2 Å². The van der Waals surface area contributed by atoms with Crippen LogP contribution in [0.3, 0.4) is 0 Å². The van der Waals surface area contributed by atoms with Gasteiger partial charge in [-0.1, -0.05) is 12.1 Å². The second kappa shape index (κ2) is 7.56. The molecule has 9 nitrogen and oxygen atoms in total. The smallest absolute Gasteiger partial charge is 0.335 e. The van der Waals surface area contributed by atoms with E-state index in [0.29, 0.717) is 16.3 Å². The Morgan fingerprint density at radius 2 is 2.00 bits per heavy atom. The van der Waals surface area contributed by atoms with Crippen LogP contribution in [-0.2, 0) is 6.54 Å². The molecule has 1 aromatic carbocycles. The maximum absolute atomic E-state index is 13.4. The standard InChI is InChI=1S/C20H17N5O4S/c1-11-22-16(18(21)27)17-19(23-11)25(12-5-3-6-13(9-12)29-2)20(28)24(17)10-14(26)15-7-4-8-30-15/h3-9H,10H2,1-2H3,(H2,21,27). The van der Waals surface area contributed by atoms with E-state index in [1.54, 1.807) is 48.7 Å². The van der Waals surface area contributed by atoms with Crippen molar-refractivity contribution in [2.45, 2.75) is 13.5 Å². The van der Waals surface area contributed by atoms with Gasteiger partial charge in [0.15, 0.2) is 17.1 Å². The summed E-state index contributed by atoms with van der Waals surface area (Å²) in [6.07, 6.45) is 0. The first-order chi connectivity index (χ1) is 14.4. The Kier molecular flexibility index (Phi) is 4.92. The molecule has 1 amide bonds. The molecule has 2 N–H and O–H groups in total. The first kappa shape index (κ1) is 19.5. The number of nitrogens with two attached hydrogens (primary N) is 1. The number of benzene rings is 1. The summed E-state index contributed by atoms with van der Waals surface area (Å²) in [5.41, 5.74) is 5.66. The molecule has 0 saturated heterocycles. The van der Waals surface area contributed by atoms with E-state index in [4.69, 9.17) is 10.5 Å². The van der Waals surface area contributed by atoms with Crippen LogP contribution in [0, 0.1) is 6.92 Å². The molecule has 152 valence electrons. The molecular weight excluding hydrogens is 406 g/mol. The van der Waals surface area contributed by atoms with Crippen LogP contribution in [0.2, 0.25) is 0 Å². The number of aromatic nitrogens is 4. The third-order valence-electron chi connectivity index (χ3n) is 4.52. The third kappa shape index (κ3) is 3.26. The number of fused-ring (bicyclic) bond motifs is 1. The summed E-state index contributed by atoms with van der Waals surface area (Å²) in [4.78, 5) is 47.2. The van der Waals surface area contributed by atoms with Crippen molar-refractivity contribution in [1.29, 1.82) is 0 Å². The number of ketones is 1. The van der Waals surface area contributed by atoms with Gasteiger partial charge in [0.1, 0.15) is 17.1 Å². The van der Waals surface area contributed by atoms with Crippen LogP contribution in [0.25, 0.3) is 16.9 Å². The van der Waals surface area contributed by atoms with Gasteiger partial charge in [0.05, 0.1) is 24.2 Å². The van der Waals surface area contributed by atoms with Gasteiger partial charge < -0.3 is 10.5 Å². The first-order valence-electron chi connectivity index (χ1n) is 8.91. The van der Waals surface area contributed by atoms with Gasteiger partial charge in [-0.2, -0.15) is 0 Å². The number of thiophene rings is 1. The fourth-order valence-electron chi connectivity index (χ4n) is 3.22. The van der Waals surface area contributed by atoms with E-state index in [-0.39, 0.29) is 35.0 Å². The van der Waals surface area contributed by atoms with E-state index >= 15 is 0 Å². The fourth-order valence-corrected chi connectivity index (χ4v) is 3.88. The van der Waals surface area contributed by atoms with E-state index < -0.39 is 11.6 Å². The van der Waals surface area contributed by atoms with Gasteiger partial charge in [0.25, 0.3) is 5.91 Å². The number of amides is 1. The lowest BCUT2D eigenvalue weighted by Crippen LogP contribution is -2.27. The number of carbonyl (C=O) groups excluding carboxylic acids is 2. The summed E-state index contributed by atoms with van der Waals surface area (Å²) in [6.45, 7) is 1.32. The van der Waals surface area contributed by atoms with Gasteiger partial charge in [0.2, 0.25) is 0 Å². The number of ether oxygens (including phenoxy) is 1. The van der Waals surface area contributed by atoms with E-state index in [9.17, 15) is 14.4 Å². The molecule has 0 unspecified atom stereocenters. The number of hydrogen-bond donors (Lipinski definition) is 1. The van der Waals surface area contributed by atoms with Crippen LogP contribution in [-0.4, -0.2) is 37.9 Å². The number of primary amides is 1. The first-order valence-corrected chi connectivity index (χ1v) is 9.79. The van der Waals surface area contributed by atoms with Crippen molar-refractivity contribution in [2.75, 3.05) is 7.11 Å². The average molecular weight is 423 g/mol. The minimum atomic E-state index is -0.814. The highest BCUT2D eigenvalue weighted by atomic mass is 32.1. The monoisotopic (exact) mass is 423 g/mol. The Balaban J connectivity index is 2.03. The van der Waals surface area contributed by atoms with Gasteiger partial charge in [0, 0.05) is 6.07 Å². The molecule has 0 aliphatic rings. The fraction of sp³-hybridized carbons (Fsp3) is 0.150. The van der Waals surface area contributed by atoms with Gasteiger partial charge >= 0.3 is 5.69 Å². The molecule has 0 radical (unpaired) electrons. The average Bonchev–Trinajstić information content (AvgIpc) is 3.35.